The number of anilines is 1. The predicted octanol–water partition coefficient (Wildman–Crippen LogP) is 3.70. The smallest absolute Gasteiger partial charge is 0.264 e. The molecule has 1 aliphatic heterocycles. The van der Waals surface area contributed by atoms with Crippen LogP contribution in [-0.4, -0.2) is 38.9 Å². The van der Waals surface area contributed by atoms with E-state index in [1.54, 1.807) is 41.3 Å². The largest absolute Gasteiger partial charge is 0.341 e. The topological polar surface area (TPSA) is 57.7 Å². The Morgan fingerprint density at radius 1 is 1.11 bits per heavy atom. The Bertz CT molecular complexity index is 912. The van der Waals surface area contributed by atoms with E-state index in [9.17, 15) is 13.2 Å². The number of para-hydroxylation sites is 1. The van der Waals surface area contributed by atoms with Gasteiger partial charge in [-0.3, -0.25) is 9.10 Å². The third-order valence-electron chi connectivity index (χ3n) is 5.26. The third kappa shape index (κ3) is 4.38. The van der Waals surface area contributed by atoms with Crippen LogP contribution in [0.1, 0.15) is 32.3 Å². The van der Waals surface area contributed by atoms with Crippen molar-refractivity contribution in [2.24, 2.45) is 5.92 Å². The van der Waals surface area contributed by atoms with Crippen molar-refractivity contribution >= 4 is 21.6 Å². The lowest BCUT2D eigenvalue weighted by molar-refractivity contribution is -0.131. The van der Waals surface area contributed by atoms with Crippen molar-refractivity contribution in [1.82, 2.24) is 4.90 Å². The van der Waals surface area contributed by atoms with E-state index in [0.717, 1.165) is 18.4 Å². The van der Waals surface area contributed by atoms with Gasteiger partial charge in [-0.2, -0.15) is 0 Å². The molecule has 1 amide bonds. The molecular weight excluding hydrogens is 372 g/mol. The van der Waals surface area contributed by atoms with E-state index in [1.807, 2.05) is 25.1 Å². The first-order valence-electron chi connectivity index (χ1n) is 9.87. The molecule has 1 heterocycles. The summed E-state index contributed by atoms with van der Waals surface area (Å²) in [7, 11) is -3.85. The molecule has 150 valence electrons. The molecule has 0 N–H and O–H groups in total. The van der Waals surface area contributed by atoms with Crippen LogP contribution in [0.25, 0.3) is 0 Å². The lowest BCUT2D eigenvalue weighted by atomic mass is 10.0. The number of likely N-dealkylation sites (tertiary alicyclic amines) is 1. The first-order chi connectivity index (χ1) is 13.4. The maximum absolute atomic E-state index is 13.4. The highest BCUT2D eigenvalue weighted by Gasteiger charge is 2.31. The van der Waals surface area contributed by atoms with Crippen LogP contribution in [0, 0.1) is 5.92 Å². The van der Waals surface area contributed by atoms with E-state index >= 15 is 0 Å². The molecule has 28 heavy (non-hydrogen) atoms. The van der Waals surface area contributed by atoms with Crippen molar-refractivity contribution in [1.29, 1.82) is 0 Å². The highest BCUT2D eigenvalue weighted by atomic mass is 32.2. The summed E-state index contributed by atoms with van der Waals surface area (Å²) in [4.78, 5) is 15.0. The molecule has 1 atom stereocenters. The lowest BCUT2D eigenvalue weighted by Crippen LogP contribution is -2.46. The number of carbonyl (C=O) groups excluding carboxylic acids is 1. The van der Waals surface area contributed by atoms with Gasteiger partial charge in [-0.1, -0.05) is 50.2 Å². The summed E-state index contributed by atoms with van der Waals surface area (Å²) in [5.74, 6) is 0.303. The predicted molar refractivity (Wildman–Crippen MR) is 112 cm³/mol. The summed E-state index contributed by atoms with van der Waals surface area (Å²) >= 11 is 0. The normalized spacial score (nSPS) is 17.4. The molecule has 0 radical (unpaired) electrons. The number of benzene rings is 2. The van der Waals surface area contributed by atoms with Gasteiger partial charge < -0.3 is 4.90 Å². The second-order valence-electron chi connectivity index (χ2n) is 7.39. The van der Waals surface area contributed by atoms with Gasteiger partial charge in [0, 0.05) is 13.1 Å². The SMILES string of the molecule is CCc1ccccc1N(CC(=O)N1CCC[C@@H](C)C1)S(=O)(=O)c1ccccc1. The van der Waals surface area contributed by atoms with Crippen LogP contribution >= 0.6 is 0 Å². The van der Waals surface area contributed by atoms with E-state index in [2.05, 4.69) is 6.92 Å². The monoisotopic (exact) mass is 400 g/mol. The number of amides is 1. The Kier molecular flexibility index (Phi) is 6.39. The maximum atomic E-state index is 13.4. The van der Waals surface area contributed by atoms with Gasteiger partial charge in [-0.05, 0) is 48.9 Å². The zero-order valence-corrected chi connectivity index (χ0v) is 17.4. The van der Waals surface area contributed by atoms with Crippen LogP contribution in [0.3, 0.4) is 0 Å². The van der Waals surface area contributed by atoms with Gasteiger partial charge >= 0.3 is 0 Å². The fraction of sp³-hybridized carbons (Fsp3) is 0.409. The summed E-state index contributed by atoms with van der Waals surface area (Å²) in [5.41, 5.74) is 1.48. The van der Waals surface area contributed by atoms with Crippen LogP contribution in [0.2, 0.25) is 0 Å². The molecule has 0 unspecified atom stereocenters. The fourth-order valence-electron chi connectivity index (χ4n) is 3.71. The average molecular weight is 401 g/mol. The molecule has 1 saturated heterocycles. The number of rotatable bonds is 6. The average Bonchev–Trinajstić information content (AvgIpc) is 2.72. The Balaban J connectivity index is 1.99. The van der Waals surface area contributed by atoms with E-state index in [4.69, 9.17) is 0 Å². The molecule has 1 aliphatic rings. The first-order valence-corrected chi connectivity index (χ1v) is 11.3. The maximum Gasteiger partial charge on any atom is 0.264 e. The standard InChI is InChI=1S/C22H28N2O3S/c1-3-19-11-7-8-14-21(19)24(28(26,27)20-12-5-4-6-13-20)17-22(25)23-15-9-10-18(2)16-23/h4-8,11-14,18H,3,9-10,15-17H2,1-2H3/t18-/m1/s1. The molecular formula is C22H28N2O3S. The van der Waals surface area contributed by atoms with E-state index in [1.165, 1.54) is 4.31 Å². The Hall–Kier alpha value is -2.34. The van der Waals surface area contributed by atoms with Gasteiger partial charge in [0.15, 0.2) is 0 Å². The van der Waals surface area contributed by atoms with Gasteiger partial charge in [0.05, 0.1) is 10.6 Å². The van der Waals surface area contributed by atoms with E-state index in [-0.39, 0.29) is 17.3 Å². The first kappa shape index (κ1) is 20.4. The van der Waals surface area contributed by atoms with Crippen LogP contribution in [0.4, 0.5) is 5.69 Å². The fourth-order valence-corrected chi connectivity index (χ4v) is 5.18. The molecule has 3 rings (SSSR count). The van der Waals surface area contributed by atoms with E-state index < -0.39 is 10.0 Å². The lowest BCUT2D eigenvalue weighted by Gasteiger charge is -2.33. The zero-order chi connectivity index (χ0) is 20.1. The second kappa shape index (κ2) is 8.78. The number of sulfonamides is 1. The molecule has 2 aromatic rings. The van der Waals surface area contributed by atoms with E-state index in [0.29, 0.717) is 31.1 Å². The van der Waals surface area contributed by atoms with Crippen LogP contribution in [0.15, 0.2) is 59.5 Å². The van der Waals surface area contributed by atoms with Crippen LogP contribution in [-0.2, 0) is 21.2 Å². The molecule has 5 nitrogen and oxygen atoms in total. The van der Waals surface area contributed by atoms with Crippen molar-refractivity contribution in [3.63, 3.8) is 0 Å². The minimum atomic E-state index is -3.85. The minimum absolute atomic E-state index is 0.142. The van der Waals surface area contributed by atoms with Gasteiger partial charge in [0.2, 0.25) is 5.91 Å². The van der Waals surface area contributed by atoms with Gasteiger partial charge in [0.25, 0.3) is 10.0 Å². The second-order valence-corrected chi connectivity index (χ2v) is 9.26. The zero-order valence-electron chi connectivity index (χ0n) is 16.5. The summed E-state index contributed by atoms with van der Waals surface area (Å²) in [6.07, 6.45) is 2.75. The molecule has 6 heteroatoms. The molecule has 0 aromatic heterocycles. The highest BCUT2D eigenvalue weighted by Crippen LogP contribution is 2.28. The Morgan fingerprint density at radius 3 is 2.46 bits per heavy atom. The molecule has 0 spiro atoms. The summed E-state index contributed by atoms with van der Waals surface area (Å²) < 4.78 is 28.2. The van der Waals surface area contributed by atoms with Crippen molar-refractivity contribution in [2.45, 2.75) is 38.0 Å². The minimum Gasteiger partial charge on any atom is -0.341 e. The number of carbonyl (C=O) groups is 1. The Morgan fingerprint density at radius 2 is 1.79 bits per heavy atom. The van der Waals surface area contributed by atoms with Crippen molar-refractivity contribution in [2.75, 3.05) is 23.9 Å². The van der Waals surface area contributed by atoms with Gasteiger partial charge in [-0.15, -0.1) is 0 Å². The van der Waals surface area contributed by atoms with Gasteiger partial charge in [0.1, 0.15) is 6.54 Å². The van der Waals surface area contributed by atoms with Crippen LogP contribution in [0.5, 0.6) is 0 Å². The molecule has 0 saturated carbocycles. The van der Waals surface area contributed by atoms with Crippen molar-refractivity contribution < 1.29 is 13.2 Å². The number of hydrogen-bond donors (Lipinski definition) is 0. The number of aryl methyl sites for hydroxylation is 1. The summed E-state index contributed by atoms with van der Waals surface area (Å²) in [5, 5.41) is 0. The third-order valence-corrected chi connectivity index (χ3v) is 7.03. The summed E-state index contributed by atoms with van der Waals surface area (Å²) in [6, 6.07) is 15.7. The highest BCUT2D eigenvalue weighted by molar-refractivity contribution is 7.92. The number of nitrogens with zero attached hydrogens (tertiary/aromatic N) is 2. The molecule has 1 fully saturated rings. The quantitative estimate of drug-likeness (QED) is 0.743. The summed E-state index contributed by atoms with van der Waals surface area (Å²) in [6.45, 7) is 5.32. The molecule has 0 aliphatic carbocycles. The Labute approximate surface area is 168 Å². The molecule has 2 aromatic carbocycles. The van der Waals surface area contributed by atoms with Crippen LogP contribution < -0.4 is 4.31 Å². The number of hydrogen-bond acceptors (Lipinski definition) is 3. The molecule has 0 bridgehead atoms. The van der Waals surface area contributed by atoms with Gasteiger partial charge in [-0.25, -0.2) is 8.42 Å². The number of piperidine rings is 1. The van der Waals surface area contributed by atoms with Crippen molar-refractivity contribution in [3.05, 3.63) is 60.2 Å². The van der Waals surface area contributed by atoms with Crippen molar-refractivity contribution in [3.8, 4) is 0 Å².